The number of ketones is 1. The van der Waals surface area contributed by atoms with E-state index in [1.165, 1.54) is 5.57 Å². The van der Waals surface area contributed by atoms with Crippen molar-refractivity contribution in [2.24, 2.45) is 11.8 Å². The summed E-state index contributed by atoms with van der Waals surface area (Å²) in [5.41, 5.74) is 2.01. The fraction of sp³-hybridized carbons (Fsp3) is 0.316. The molecule has 1 aromatic rings. The maximum Gasteiger partial charge on any atom is 0.154 e. The van der Waals surface area contributed by atoms with Crippen molar-refractivity contribution in [2.75, 3.05) is 0 Å². The maximum atomic E-state index is 13.1. The van der Waals surface area contributed by atoms with Crippen LogP contribution in [0.4, 0.5) is 0 Å². The highest BCUT2D eigenvalue weighted by molar-refractivity contribution is 5.98. The van der Waals surface area contributed by atoms with Gasteiger partial charge in [-0.1, -0.05) is 73.2 Å². The third kappa shape index (κ3) is 1.81. The van der Waals surface area contributed by atoms with Gasteiger partial charge in [-0.05, 0) is 24.8 Å². The van der Waals surface area contributed by atoms with E-state index in [9.17, 15) is 4.79 Å². The van der Waals surface area contributed by atoms with Gasteiger partial charge >= 0.3 is 0 Å². The summed E-state index contributed by atoms with van der Waals surface area (Å²) in [5.74, 6) is 0.637. The average Bonchev–Trinajstić information content (AvgIpc) is 2.60. The minimum absolute atomic E-state index is 0.00911. The van der Waals surface area contributed by atoms with Crippen LogP contribution < -0.4 is 0 Å². The Morgan fingerprint density at radius 1 is 1.20 bits per heavy atom. The second-order valence-corrected chi connectivity index (χ2v) is 5.80. The molecule has 20 heavy (non-hydrogen) atoms. The van der Waals surface area contributed by atoms with Crippen LogP contribution in [0.25, 0.3) is 0 Å². The van der Waals surface area contributed by atoms with Crippen molar-refractivity contribution in [2.45, 2.75) is 25.7 Å². The zero-order chi connectivity index (χ0) is 14.2. The fourth-order valence-corrected chi connectivity index (χ4v) is 3.57. The van der Waals surface area contributed by atoms with Crippen molar-refractivity contribution >= 4 is 5.78 Å². The van der Waals surface area contributed by atoms with Crippen LogP contribution in [0.2, 0.25) is 0 Å². The number of Topliss-reactive ketones (excluding diaryl/α,β-unsaturated/α-hetero) is 1. The Hall–Kier alpha value is -1.89. The first-order valence-corrected chi connectivity index (χ1v) is 7.30. The number of hydrogen-bond donors (Lipinski definition) is 0. The van der Waals surface area contributed by atoms with Gasteiger partial charge in [-0.15, -0.1) is 0 Å². The summed E-state index contributed by atoms with van der Waals surface area (Å²) in [6.07, 6.45) is 11.2. The summed E-state index contributed by atoms with van der Waals surface area (Å²) in [6, 6.07) is 10.2. The summed E-state index contributed by atoms with van der Waals surface area (Å²) >= 11 is 0. The Morgan fingerprint density at radius 3 is 2.65 bits per heavy atom. The molecule has 0 radical (unpaired) electrons. The molecule has 0 heterocycles. The van der Waals surface area contributed by atoms with Gasteiger partial charge in [0.15, 0.2) is 5.78 Å². The molecule has 0 N–H and O–H groups in total. The minimum Gasteiger partial charge on any atom is -0.298 e. The van der Waals surface area contributed by atoms with Gasteiger partial charge in [-0.2, -0.15) is 0 Å². The zero-order valence-electron chi connectivity index (χ0n) is 12.0. The van der Waals surface area contributed by atoms with Crippen LogP contribution in [-0.2, 0) is 10.2 Å². The van der Waals surface area contributed by atoms with Crippen LogP contribution in [-0.4, -0.2) is 5.78 Å². The molecule has 3 unspecified atom stereocenters. The van der Waals surface area contributed by atoms with Crippen LogP contribution in [0.15, 0.2) is 66.3 Å². The lowest BCUT2D eigenvalue weighted by Crippen LogP contribution is -2.45. The van der Waals surface area contributed by atoms with Crippen molar-refractivity contribution in [1.82, 2.24) is 0 Å². The Balaban J connectivity index is 2.19. The Morgan fingerprint density at radius 2 is 1.95 bits per heavy atom. The summed E-state index contributed by atoms with van der Waals surface area (Å²) in [4.78, 5) is 13.1. The van der Waals surface area contributed by atoms with Gasteiger partial charge in [0.05, 0.1) is 5.41 Å². The van der Waals surface area contributed by atoms with Gasteiger partial charge in [0.2, 0.25) is 0 Å². The molecule has 0 aliphatic heterocycles. The third-order valence-electron chi connectivity index (χ3n) is 4.82. The molecular weight excluding hydrogens is 244 g/mol. The first-order valence-electron chi connectivity index (χ1n) is 7.30. The van der Waals surface area contributed by atoms with E-state index in [0.717, 1.165) is 12.0 Å². The van der Waals surface area contributed by atoms with Crippen LogP contribution in [0.1, 0.15) is 25.8 Å². The molecule has 0 saturated heterocycles. The topological polar surface area (TPSA) is 17.1 Å². The van der Waals surface area contributed by atoms with E-state index in [1.54, 1.807) is 0 Å². The van der Waals surface area contributed by atoms with Gasteiger partial charge in [0.1, 0.15) is 0 Å². The van der Waals surface area contributed by atoms with E-state index in [1.807, 2.05) is 30.4 Å². The molecule has 0 aromatic heterocycles. The highest BCUT2D eigenvalue weighted by Gasteiger charge is 2.48. The molecule has 0 spiro atoms. The fourth-order valence-electron chi connectivity index (χ4n) is 3.57. The normalized spacial score (nSPS) is 34.3. The van der Waals surface area contributed by atoms with E-state index in [2.05, 4.69) is 44.2 Å². The van der Waals surface area contributed by atoms with Crippen LogP contribution >= 0.6 is 0 Å². The summed E-state index contributed by atoms with van der Waals surface area (Å²) in [6.45, 7) is 4.25. The van der Waals surface area contributed by atoms with Gasteiger partial charge in [0, 0.05) is 5.92 Å². The molecular formula is C19H20O. The van der Waals surface area contributed by atoms with Gasteiger partial charge in [0.25, 0.3) is 0 Å². The predicted octanol–water partition coefficient (Wildman–Crippen LogP) is 4.22. The lowest BCUT2D eigenvalue weighted by molar-refractivity contribution is -0.127. The third-order valence-corrected chi connectivity index (χ3v) is 4.82. The number of carbonyl (C=O) groups is 1. The highest BCUT2D eigenvalue weighted by atomic mass is 16.1. The van der Waals surface area contributed by atoms with E-state index in [4.69, 9.17) is 0 Å². The molecule has 1 fully saturated rings. The lowest BCUT2D eigenvalue weighted by atomic mass is 9.60. The molecule has 2 bridgehead atoms. The average molecular weight is 264 g/mol. The number of hydrogen-bond acceptors (Lipinski definition) is 1. The van der Waals surface area contributed by atoms with Crippen molar-refractivity contribution in [3.8, 4) is 0 Å². The second kappa shape index (κ2) is 4.90. The van der Waals surface area contributed by atoms with E-state index < -0.39 is 5.41 Å². The number of allylic oxidation sites excluding steroid dienone is 6. The summed E-state index contributed by atoms with van der Waals surface area (Å²) in [7, 11) is 0. The zero-order valence-corrected chi connectivity index (χ0v) is 12.0. The summed E-state index contributed by atoms with van der Waals surface area (Å²) < 4.78 is 0. The molecule has 1 aromatic carbocycles. The quantitative estimate of drug-likeness (QED) is 0.694. The van der Waals surface area contributed by atoms with Crippen molar-refractivity contribution < 1.29 is 4.79 Å². The van der Waals surface area contributed by atoms with E-state index in [-0.39, 0.29) is 5.92 Å². The monoisotopic (exact) mass is 264 g/mol. The largest absolute Gasteiger partial charge is 0.298 e. The molecule has 1 nitrogen and oxygen atoms in total. The standard InChI is InChI=1S/C19H20O/c1-3-15-13-19(16-9-5-4-6-10-16)12-8-7-11-17(14(15)2)18(19)20/h3-12,14,17H,13H2,1-2H3/b15-3+. The van der Waals surface area contributed by atoms with Gasteiger partial charge < -0.3 is 0 Å². The highest BCUT2D eigenvalue weighted by Crippen LogP contribution is 2.47. The number of fused-ring (bicyclic) bond motifs is 2. The first kappa shape index (κ1) is 13.1. The molecule has 0 amide bonds. The molecule has 3 rings (SSSR count). The SMILES string of the molecule is C/C=C1\CC2(c3ccccc3)C=CC=CC(C2=O)C1C. The second-order valence-electron chi connectivity index (χ2n) is 5.80. The Kier molecular flexibility index (Phi) is 3.21. The minimum atomic E-state index is -0.482. The van der Waals surface area contributed by atoms with Gasteiger partial charge in [-0.3, -0.25) is 4.79 Å². The lowest BCUT2D eigenvalue weighted by Gasteiger charge is -2.41. The molecule has 1 saturated carbocycles. The van der Waals surface area contributed by atoms with Crippen molar-refractivity contribution in [1.29, 1.82) is 0 Å². The first-order chi connectivity index (χ1) is 9.69. The molecule has 1 heteroatoms. The maximum absolute atomic E-state index is 13.1. The molecule has 102 valence electrons. The van der Waals surface area contributed by atoms with Gasteiger partial charge in [-0.25, -0.2) is 0 Å². The van der Waals surface area contributed by atoms with E-state index in [0.29, 0.717) is 11.7 Å². The number of carbonyl (C=O) groups excluding carboxylic acids is 1. The van der Waals surface area contributed by atoms with Crippen molar-refractivity contribution in [3.63, 3.8) is 0 Å². The summed E-state index contributed by atoms with van der Waals surface area (Å²) in [5, 5.41) is 0. The number of rotatable bonds is 1. The Labute approximate surface area is 120 Å². The molecule has 3 atom stereocenters. The van der Waals surface area contributed by atoms with Crippen molar-refractivity contribution in [3.05, 3.63) is 71.8 Å². The van der Waals surface area contributed by atoms with E-state index >= 15 is 0 Å². The van der Waals surface area contributed by atoms with Crippen LogP contribution in [0.5, 0.6) is 0 Å². The molecule has 2 aliphatic rings. The number of benzene rings is 1. The smallest absolute Gasteiger partial charge is 0.154 e. The predicted molar refractivity (Wildman–Crippen MR) is 82.4 cm³/mol. The Bertz CT molecular complexity index is 606. The van der Waals surface area contributed by atoms with Crippen LogP contribution in [0, 0.1) is 11.8 Å². The molecule has 2 aliphatic carbocycles. The van der Waals surface area contributed by atoms with Crippen LogP contribution in [0.3, 0.4) is 0 Å².